The maximum absolute atomic E-state index is 5.31. The summed E-state index contributed by atoms with van der Waals surface area (Å²) in [5, 5.41) is 0. The number of rotatable bonds is 7. The molecule has 0 saturated carbocycles. The molecule has 0 aromatic carbocycles. The summed E-state index contributed by atoms with van der Waals surface area (Å²) in [4.78, 5) is 0. The van der Waals surface area contributed by atoms with E-state index >= 15 is 0 Å². The zero-order valence-electron chi connectivity index (χ0n) is 7.94. The molecule has 0 N–H and O–H groups in total. The zero-order valence-corrected chi connectivity index (χ0v) is 7.94. The molecule has 0 heterocycles. The van der Waals surface area contributed by atoms with Crippen LogP contribution in [0.2, 0.25) is 0 Å². The minimum Gasteiger partial charge on any atom is -0.379 e. The fourth-order valence-corrected chi connectivity index (χ4v) is 1.14. The van der Waals surface area contributed by atoms with E-state index in [0.717, 1.165) is 0 Å². The topological polar surface area (TPSA) is 9.23 Å². The van der Waals surface area contributed by atoms with Crippen molar-refractivity contribution in [3.05, 3.63) is 6.92 Å². The van der Waals surface area contributed by atoms with E-state index in [1.807, 2.05) is 0 Å². The van der Waals surface area contributed by atoms with Gasteiger partial charge in [-0.15, -0.1) is 0 Å². The van der Waals surface area contributed by atoms with Gasteiger partial charge in [-0.25, -0.2) is 0 Å². The van der Waals surface area contributed by atoms with Gasteiger partial charge in [-0.3, -0.25) is 0 Å². The molecule has 0 amide bonds. The Morgan fingerprint density at radius 3 is 2.55 bits per heavy atom. The van der Waals surface area contributed by atoms with E-state index < -0.39 is 0 Å². The van der Waals surface area contributed by atoms with Gasteiger partial charge in [0.1, 0.15) is 0 Å². The summed E-state index contributed by atoms with van der Waals surface area (Å²) in [6.07, 6.45) is 6.91. The van der Waals surface area contributed by atoms with E-state index in [2.05, 4.69) is 20.8 Å². The van der Waals surface area contributed by atoms with Crippen LogP contribution in [0, 0.1) is 6.92 Å². The van der Waals surface area contributed by atoms with Crippen LogP contribution in [-0.2, 0) is 4.74 Å². The third-order valence-corrected chi connectivity index (χ3v) is 1.87. The lowest BCUT2D eigenvalue weighted by molar-refractivity contribution is 0.0787. The SMILES string of the molecule is [CH2]COC(C)CCCCCC. The highest BCUT2D eigenvalue weighted by molar-refractivity contribution is 4.51. The van der Waals surface area contributed by atoms with Crippen molar-refractivity contribution in [2.24, 2.45) is 0 Å². The first-order valence-electron chi connectivity index (χ1n) is 4.72. The fraction of sp³-hybridized carbons (Fsp3) is 0.900. The lowest BCUT2D eigenvalue weighted by atomic mass is 10.1. The molecule has 1 nitrogen and oxygen atoms in total. The molecule has 1 radical (unpaired) electrons. The molecule has 1 unspecified atom stereocenters. The molecular formula is C10H21O. The van der Waals surface area contributed by atoms with E-state index in [1.165, 1.54) is 32.1 Å². The molecule has 0 aromatic heterocycles. The molecule has 0 aliphatic heterocycles. The van der Waals surface area contributed by atoms with Crippen molar-refractivity contribution in [1.82, 2.24) is 0 Å². The Labute approximate surface area is 71.1 Å². The molecule has 11 heavy (non-hydrogen) atoms. The fourth-order valence-electron chi connectivity index (χ4n) is 1.14. The second-order valence-corrected chi connectivity index (χ2v) is 3.03. The molecule has 0 aliphatic rings. The van der Waals surface area contributed by atoms with Crippen molar-refractivity contribution >= 4 is 0 Å². The minimum absolute atomic E-state index is 0.407. The first-order chi connectivity index (χ1) is 5.31. The Morgan fingerprint density at radius 1 is 1.27 bits per heavy atom. The van der Waals surface area contributed by atoms with Crippen molar-refractivity contribution in [2.45, 2.75) is 52.1 Å². The lowest BCUT2D eigenvalue weighted by Crippen LogP contribution is -2.07. The summed E-state index contributed by atoms with van der Waals surface area (Å²) in [5.74, 6) is 0. The summed E-state index contributed by atoms with van der Waals surface area (Å²) in [5.41, 5.74) is 0. The lowest BCUT2D eigenvalue weighted by Gasteiger charge is -2.10. The molecule has 1 atom stereocenters. The van der Waals surface area contributed by atoms with Gasteiger partial charge in [0.15, 0.2) is 0 Å². The van der Waals surface area contributed by atoms with Crippen LogP contribution in [0.4, 0.5) is 0 Å². The smallest absolute Gasteiger partial charge is 0.0547 e. The summed E-state index contributed by atoms with van der Waals surface area (Å²) in [6.45, 7) is 8.61. The van der Waals surface area contributed by atoms with Crippen molar-refractivity contribution < 1.29 is 4.74 Å². The van der Waals surface area contributed by atoms with Gasteiger partial charge >= 0.3 is 0 Å². The Bertz CT molecular complexity index is 71.3. The summed E-state index contributed by atoms with van der Waals surface area (Å²) in [6, 6.07) is 0. The summed E-state index contributed by atoms with van der Waals surface area (Å²) < 4.78 is 5.31. The van der Waals surface area contributed by atoms with Gasteiger partial charge in [0.05, 0.1) is 6.10 Å². The molecule has 1 heteroatoms. The van der Waals surface area contributed by atoms with Gasteiger partial charge < -0.3 is 4.74 Å². The van der Waals surface area contributed by atoms with Gasteiger partial charge in [-0.1, -0.05) is 32.6 Å². The van der Waals surface area contributed by atoms with Crippen LogP contribution in [0.1, 0.15) is 46.0 Å². The molecule has 0 aliphatic carbocycles. The van der Waals surface area contributed by atoms with Crippen molar-refractivity contribution in [3.63, 3.8) is 0 Å². The van der Waals surface area contributed by atoms with Gasteiger partial charge in [0.25, 0.3) is 0 Å². The molecule has 0 saturated heterocycles. The van der Waals surface area contributed by atoms with Crippen LogP contribution in [0.5, 0.6) is 0 Å². The Morgan fingerprint density at radius 2 is 2.00 bits per heavy atom. The zero-order chi connectivity index (χ0) is 8.53. The van der Waals surface area contributed by atoms with Crippen LogP contribution in [0.3, 0.4) is 0 Å². The standard InChI is InChI=1S/C10H21O/c1-4-6-7-8-9-10(3)11-5-2/h10H,2,4-9H2,1,3H3. The molecular weight excluding hydrogens is 136 g/mol. The first-order valence-corrected chi connectivity index (χ1v) is 4.72. The van der Waals surface area contributed by atoms with E-state index in [1.54, 1.807) is 0 Å². The van der Waals surface area contributed by atoms with E-state index in [9.17, 15) is 0 Å². The average Bonchev–Trinajstić information content (AvgIpc) is 1.99. The second-order valence-electron chi connectivity index (χ2n) is 3.03. The minimum atomic E-state index is 0.407. The second kappa shape index (κ2) is 8.06. The van der Waals surface area contributed by atoms with Crippen molar-refractivity contribution in [1.29, 1.82) is 0 Å². The molecule has 0 fully saturated rings. The summed E-state index contributed by atoms with van der Waals surface area (Å²) >= 11 is 0. The Balaban J connectivity index is 2.97. The number of hydrogen-bond acceptors (Lipinski definition) is 1. The Kier molecular flexibility index (Phi) is 8.03. The first kappa shape index (κ1) is 11.0. The monoisotopic (exact) mass is 157 g/mol. The van der Waals surface area contributed by atoms with Crippen LogP contribution < -0.4 is 0 Å². The van der Waals surface area contributed by atoms with Gasteiger partial charge in [0.2, 0.25) is 0 Å². The molecule has 0 bridgehead atoms. The van der Waals surface area contributed by atoms with Gasteiger partial charge in [-0.05, 0) is 20.3 Å². The highest BCUT2D eigenvalue weighted by atomic mass is 16.5. The highest BCUT2D eigenvalue weighted by Gasteiger charge is 1.98. The van der Waals surface area contributed by atoms with Crippen LogP contribution in [0.15, 0.2) is 0 Å². The van der Waals surface area contributed by atoms with Crippen LogP contribution in [0.25, 0.3) is 0 Å². The molecule has 0 aromatic rings. The van der Waals surface area contributed by atoms with Gasteiger partial charge in [-0.2, -0.15) is 0 Å². The maximum Gasteiger partial charge on any atom is 0.0547 e. The average molecular weight is 157 g/mol. The van der Waals surface area contributed by atoms with E-state index in [-0.39, 0.29) is 0 Å². The molecule has 67 valence electrons. The van der Waals surface area contributed by atoms with E-state index in [0.29, 0.717) is 12.7 Å². The number of unbranched alkanes of at least 4 members (excludes halogenated alkanes) is 3. The third kappa shape index (κ3) is 7.86. The molecule has 0 spiro atoms. The third-order valence-electron chi connectivity index (χ3n) is 1.87. The summed E-state index contributed by atoms with van der Waals surface area (Å²) in [7, 11) is 0. The maximum atomic E-state index is 5.31. The normalized spacial score (nSPS) is 13.4. The number of ether oxygens (including phenoxy) is 1. The quantitative estimate of drug-likeness (QED) is 0.516. The highest BCUT2D eigenvalue weighted by Crippen LogP contribution is 2.07. The van der Waals surface area contributed by atoms with Crippen molar-refractivity contribution in [2.75, 3.05) is 6.61 Å². The van der Waals surface area contributed by atoms with E-state index in [4.69, 9.17) is 4.74 Å². The number of hydrogen-bond donors (Lipinski definition) is 0. The van der Waals surface area contributed by atoms with Crippen LogP contribution >= 0.6 is 0 Å². The Hall–Kier alpha value is -0.0400. The predicted octanol–water partition coefficient (Wildman–Crippen LogP) is 3.20. The van der Waals surface area contributed by atoms with Crippen LogP contribution in [-0.4, -0.2) is 12.7 Å². The predicted molar refractivity (Wildman–Crippen MR) is 49.5 cm³/mol. The largest absolute Gasteiger partial charge is 0.379 e. The van der Waals surface area contributed by atoms with Gasteiger partial charge in [0, 0.05) is 6.61 Å². The van der Waals surface area contributed by atoms with Crippen molar-refractivity contribution in [3.8, 4) is 0 Å². The molecule has 0 rings (SSSR count).